The van der Waals surface area contributed by atoms with Crippen molar-refractivity contribution in [2.45, 2.75) is 11.8 Å². The molecule has 0 bridgehead atoms. The lowest BCUT2D eigenvalue weighted by atomic mass is 10.2. The number of thiazole rings is 1. The molecule has 1 heterocycles. The average Bonchev–Trinajstić information content (AvgIpc) is 2.76. The smallest absolute Gasteiger partial charge is 0.203 e. The average molecular weight is 313 g/mol. The molecule has 0 spiro atoms. The van der Waals surface area contributed by atoms with E-state index in [1.807, 2.05) is 12.3 Å². The van der Waals surface area contributed by atoms with Crippen molar-refractivity contribution >= 4 is 32.5 Å². The van der Waals surface area contributed by atoms with Gasteiger partial charge in [-0.2, -0.15) is 5.10 Å². The molecule has 0 atom stereocenters. The SMILES string of the molecule is Cc1csc(NN=Cc2ccc(S(C)(=O)=O)cc2F)n1. The summed E-state index contributed by atoms with van der Waals surface area (Å²) in [4.78, 5) is 4.07. The highest BCUT2D eigenvalue weighted by Gasteiger charge is 2.10. The summed E-state index contributed by atoms with van der Waals surface area (Å²) >= 11 is 1.39. The van der Waals surface area contributed by atoms with Crippen LogP contribution in [0.1, 0.15) is 11.3 Å². The number of benzene rings is 1. The summed E-state index contributed by atoms with van der Waals surface area (Å²) in [6, 6.07) is 3.68. The van der Waals surface area contributed by atoms with Crippen molar-refractivity contribution in [1.29, 1.82) is 0 Å². The molecule has 0 aliphatic rings. The number of hydrazone groups is 1. The van der Waals surface area contributed by atoms with Gasteiger partial charge in [-0.05, 0) is 25.1 Å². The zero-order valence-electron chi connectivity index (χ0n) is 10.8. The third-order valence-electron chi connectivity index (χ3n) is 2.38. The molecule has 0 aliphatic carbocycles. The van der Waals surface area contributed by atoms with Crippen LogP contribution in [0.2, 0.25) is 0 Å². The molecule has 8 heteroatoms. The molecule has 0 radical (unpaired) electrons. The first-order chi connectivity index (χ1) is 9.36. The van der Waals surface area contributed by atoms with Crippen molar-refractivity contribution < 1.29 is 12.8 Å². The monoisotopic (exact) mass is 313 g/mol. The summed E-state index contributed by atoms with van der Waals surface area (Å²) in [6.45, 7) is 1.86. The van der Waals surface area contributed by atoms with Gasteiger partial charge in [0.15, 0.2) is 9.84 Å². The van der Waals surface area contributed by atoms with Crippen LogP contribution in [-0.2, 0) is 9.84 Å². The molecule has 0 fully saturated rings. The molecular weight excluding hydrogens is 301 g/mol. The van der Waals surface area contributed by atoms with Crippen LogP contribution < -0.4 is 5.43 Å². The second-order valence-corrected chi connectivity index (χ2v) is 6.99. The fourth-order valence-corrected chi connectivity index (χ4v) is 2.68. The van der Waals surface area contributed by atoms with Gasteiger partial charge < -0.3 is 0 Å². The number of nitrogens with one attached hydrogen (secondary N) is 1. The summed E-state index contributed by atoms with van der Waals surface area (Å²) in [5.41, 5.74) is 3.74. The van der Waals surface area contributed by atoms with Crippen LogP contribution in [0.4, 0.5) is 9.52 Å². The lowest BCUT2D eigenvalue weighted by Gasteiger charge is -2.01. The number of rotatable bonds is 4. The van der Waals surface area contributed by atoms with Gasteiger partial charge in [-0.1, -0.05) is 0 Å². The Balaban J connectivity index is 2.14. The van der Waals surface area contributed by atoms with Crippen LogP contribution in [0.25, 0.3) is 0 Å². The topological polar surface area (TPSA) is 71.4 Å². The van der Waals surface area contributed by atoms with Crippen molar-refractivity contribution in [1.82, 2.24) is 4.98 Å². The van der Waals surface area contributed by atoms with Crippen LogP contribution in [0.5, 0.6) is 0 Å². The van der Waals surface area contributed by atoms with Crippen LogP contribution in [0.15, 0.2) is 33.6 Å². The Bertz CT molecular complexity index is 754. The van der Waals surface area contributed by atoms with Gasteiger partial charge in [0.05, 0.1) is 16.8 Å². The summed E-state index contributed by atoms with van der Waals surface area (Å²) in [5.74, 6) is -0.645. The molecule has 1 N–H and O–H groups in total. The number of nitrogens with zero attached hydrogens (tertiary/aromatic N) is 2. The Morgan fingerprint density at radius 2 is 2.20 bits per heavy atom. The van der Waals surface area contributed by atoms with E-state index in [9.17, 15) is 12.8 Å². The van der Waals surface area contributed by atoms with Gasteiger partial charge in [-0.15, -0.1) is 11.3 Å². The van der Waals surface area contributed by atoms with Crippen molar-refractivity contribution in [3.63, 3.8) is 0 Å². The Hall–Kier alpha value is -1.80. The fraction of sp³-hybridized carbons (Fsp3) is 0.167. The van der Waals surface area contributed by atoms with Crippen molar-refractivity contribution in [3.8, 4) is 0 Å². The summed E-state index contributed by atoms with van der Waals surface area (Å²) in [5, 5.41) is 6.33. The zero-order valence-corrected chi connectivity index (χ0v) is 12.4. The molecule has 2 rings (SSSR count). The number of hydrogen-bond donors (Lipinski definition) is 1. The van der Waals surface area contributed by atoms with Gasteiger partial charge in [-0.25, -0.2) is 17.8 Å². The molecule has 0 aliphatic heterocycles. The summed E-state index contributed by atoms with van der Waals surface area (Å²) in [6.07, 6.45) is 2.31. The molecular formula is C12H12FN3O2S2. The number of aryl methyl sites for hydroxylation is 1. The summed E-state index contributed by atoms with van der Waals surface area (Å²) < 4.78 is 36.3. The third-order valence-corrected chi connectivity index (χ3v) is 4.36. The predicted octanol–water partition coefficient (Wildman–Crippen LogP) is 2.44. The van der Waals surface area contributed by atoms with Gasteiger partial charge in [0, 0.05) is 17.2 Å². The Kier molecular flexibility index (Phi) is 4.15. The molecule has 0 unspecified atom stereocenters. The predicted molar refractivity (Wildman–Crippen MR) is 77.6 cm³/mol. The first kappa shape index (κ1) is 14.6. The van der Waals surface area contributed by atoms with E-state index in [0.29, 0.717) is 5.13 Å². The molecule has 1 aromatic carbocycles. The van der Waals surface area contributed by atoms with E-state index >= 15 is 0 Å². The maximum Gasteiger partial charge on any atom is 0.203 e. The van der Waals surface area contributed by atoms with E-state index in [0.717, 1.165) is 18.0 Å². The van der Waals surface area contributed by atoms with E-state index in [4.69, 9.17) is 0 Å². The minimum atomic E-state index is -3.41. The fourth-order valence-electron chi connectivity index (χ4n) is 1.41. The highest BCUT2D eigenvalue weighted by atomic mass is 32.2. The van der Waals surface area contributed by atoms with E-state index in [-0.39, 0.29) is 10.5 Å². The van der Waals surface area contributed by atoms with Crippen molar-refractivity contribution in [2.75, 3.05) is 11.7 Å². The highest BCUT2D eigenvalue weighted by Crippen LogP contribution is 2.15. The second kappa shape index (κ2) is 5.68. The van der Waals surface area contributed by atoms with Crippen molar-refractivity contribution in [2.24, 2.45) is 5.10 Å². The van der Waals surface area contributed by atoms with Crippen LogP contribution >= 0.6 is 11.3 Å². The van der Waals surface area contributed by atoms with Gasteiger partial charge in [0.25, 0.3) is 0 Å². The number of anilines is 1. The number of aromatic nitrogens is 1. The first-order valence-electron chi connectivity index (χ1n) is 5.57. The molecule has 5 nitrogen and oxygen atoms in total. The minimum absolute atomic E-state index is 0.0596. The van der Waals surface area contributed by atoms with Gasteiger partial charge in [0.2, 0.25) is 5.13 Å². The maximum absolute atomic E-state index is 13.7. The third kappa shape index (κ3) is 3.61. The lowest BCUT2D eigenvalue weighted by molar-refractivity contribution is 0.595. The largest absolute Gasteiger partial charge is 0.253 e. The van der Waals surface area contributed by atoms with Gasteiger partial charge >= 0.3 is 0 Å². The molecule has 2 aromatic rings. The lowest BCUT2D eigenvalue weighted by Crippen LogP contribution is -2.00. The summed E-state index contributed by atoms with van der Waals surface area (Å²) in [7, 11) is -3.41. The molecule has 1 aromatic heterocycles. The normalized spacial score (nSPS) is 11.9. The molecule has 0 amide bonds. The van der Waals surface area contributed by atoms with Crippen LogP contribution in [0.3, 0.4) is 0 Å². The van der Waals surface area contributed by atoms with Crippen LogP contribution in [-0.4, -0.2) is 25.9 Å². The van der Waals surface area contributed by atoms with Gasteiger partial charge in [-0.3, -0.25) is 5.43 Å². The number of hydrogen-bond acceptors (Lipinski definition) is 6. The Morgan fingerprint density at radius 1 is 1.45 bits per heavy atom. The molecule has 106 valence electrons. The molecule has 0 saturated carbocycles. The maximum atomic E-state index is 13.7. The van der Waals surface area contributed by atoms with Crippen molar-refractivity contribution in [3.05, 3.63) is 40.7 Å². The molecule has 20 heavy (non-hydrogen) atoms. The quantitative estimate of drug-likeness (QED) is 0.695. The minimum Gasteiger partial charge on any atom is -0.253 e. The second-order valence-electron chi connectivity index (χ2n) is 4.12. The van der Waals surface area contributed by atoms with Gasteiger partial charge in [0.1, 0.15) is 5.82 Å². The number of halogens is 1. The zero-order chi connectivity index (χ0) is 14.8. The number of sulfone groups is 1. The van der Waals surface area contributed by atoms with E-state index in [2.05, 4.69) is 15.5 Å². The van der Waals surface area contributed by atoms with E-state index < -0.39 is 15.7 Å². The first-order valence-corrected chi connectivity index (χ1v) is 8.34. The standard InChI is InChI=1S/C12H12FN3O2S2/c1-8-7-19-12(15-8)16-14-6-9-3-4-10(5-11(9)13)20(2,17)18/h3-7H,1-2H3,(H,15,16). The van der Waals surface area contributed by atoms with E-state index in [1.165, 1.54) is 29.7 Å². The van der Waals surface area contributed by atoms with Crippen LogP contribution in [0, 0.1) is 12.7 Å². The Morgan fingerprint density at radius 3 is 2.75 bits per heavy atom. The Labute approximate surface area is 120 Å². The highest BCUT2D eigenvalue weighted by molar-refractivity contribution is 7.90. The molecule has 0 saturated heterocycles. The van der Waals surface area contributed by atoms with E-state index in [1.54, 1.807) is 0 Å².